The molecule has 1 aliphatic rings. The van der Waals surface area contributed by atoms with E-state index in [4.69, 9.17) is 30.8 Å². The van der Waals surface area contributed by atoms with Crippen molar-refractivity contribution < 1.29 is 38.2 Å². The summed E-state index contributed by atoms with van der Waals surface area (Å²) < 4.78 is 18.6. The Labute approximate surface area is 435 Å². The maximum absolute atomic E-state index is 13.7. The molecule has 0 saturated carbocycles. The number of aromatic nitrogens is 2. The van der Waals surface area contributed by atoms with Crippen molar-refractivity contribution in [1.82, 2.24) is 39.8 Å². The molecule has 2 amide bonds. The third-order valence-corrected chi connectivity index (χ3v) is 12.8. The molecule has 2 aromatic heterocycles. The van der Waals surface area contributed by atoms with E-state index in [0.29, 0.717) is 112 Å². The summed E-state index contributed by atoms with van der Waals surface area (Å²) in [6.45, 7) is 21.2. The Morgan fingerprint density at radius 3 is 1.75 bits per heavy atom. The molecule has 1 fully saturated rings. The van der Waals surface area contributed by atoms with Gasteiger partial charge in [0.2, 0.25) is 11.8 Å². The number of rotatable bonds is 17. The average molecular weight is 1020 g/mol. The molecule has 0 bridgehead atoms. The summed E-state index contributed by atoms with van der Waals surface area (Å²) in [6, 6.07) is 22.6. The molecule has 3 aromatic carbocycles. The van der Waals surface area contributed by atoms with E-state index >= 15 is 0 Å². The average Bonchev–Trinajstić information content (AvgIpc) is 3.58. The molecule has 1 aliphatic heterocycles. The highest BCUT2D eigenvalue weighted by atomic mass is 35.5. The second kappa shape index (κ2) is 25.8. The molecule has 16 nitrogen and oxygen atoms in total. The zero-order valence-corrected chi connectivity index (χ0v) is 45.0. The number of hydrogen-bond donors (Lipinski definition) is 2. The van der Waals surface area contributed by atoms with Crippen LogP contribution in [0.25, 0.3) is 21.8 Å². The van der Waals surface area contributed by atoms with Crippen LogP contribution in [0.5, 0.6) is 5.75 Å². The summed E-state index contributed by atoms with van der Waals surface area (Å²) in [5.74, 6) is -0.569. The van der Waals surface area contributed by atoms with Crippen LogP contribution in [0.3, 0.4) is 0 Å². The number of benzene rings is 3. The lowest BCUT2D eigenvalue weighted by atomic mass is 10.1. The molecule has 0 spiro atoms. The number of halogens is 1. The minimum absolute atomic E-state index is 0.0637. The number of hydrogen-bond acceptors (Lipinski definition) is 13. The number of methoxy groups -OCH3 is 1. The van der Waals surface area contributed by atoms with Crippen LogP contribution in [-0.4, -0.2) is 162 Å². The van der Waals surface area contributed by atoms with E-state index in [1.807, 2.05) is 66.7 Å². The zero-order chi connectivity index (χ0) is 52.9. The van der Waals surface area contributed by atoms with Gasteiger partial charge in [-0.3, -0.25) is 53.1 Å². The summed E-state index contributed by atoms with van der Waals surface area (Å²) >= 11 is 6.09. The van der Waals surface area contributed by atoms with Gasteiger partial charge in [0.1, 0.15) is 17.0 Å². The van der Waals surface area contributed by atoms with Gasteiger partial charge in [-0.2, -0.15) is 0 Å². The van der Waals surface area contributed by atoms with Crippen molar-refractivity contribution in [3.63, 3.8) is 0 Å². The van der Waals surface area contributed by atoms with Crippen molar-refractivity contribution >= 4 is 63.1 Å². The Kier molecular flexibility index (Phi) is 20.0. The minimum Gasteiger partial charge on any atom is -0.497 e. The molecule has 0 atom stereocenters. The zero-order valence-electron chi connectivity index (χ0n) is 44.3. The fourth-order valence-corrected chi connectivity index (χ4v) is 9.04. The first-order valence-electron chi connectivity index (χ1n) is 25.3. The van der Waals surface area contributed by atoms with Gasteiger partial charge in [0.05, 0.1) is 49.9 Å². The van der Waals surface area contributed by atoms with Gasteiger partial charge in [0.15, 0.2) is 0 Å². The van der Waals surface area contributed by atoms with Crippen molar-refractivity contribution in [2.45, 2.75) is 92.4 Å². The second-order valence-corrected chi connectivity index (χ2v) is 21.4. The standard InChI is InChI=1S/C56H75ClN8O8/c1-39-12-20-48-42(32-39)15-18-44(60-48)35-61-24-28-63(37-52(68)72-55(3,4)5)30-26-62(27-31-64(29-25-61)38-53(69)73-56(6,7)8)36-51(67)59-23-11-10-22-58-50(66)34-46-40(2)65(49-21-19-45(71-9)33-47(46)49)54(70)41-13-16-43(57)17-14-41/h12-21,32-33H,10-11,22-31,34-38H2,1-9H3,(H,58,66)(H,59,67). The lowest BCUT2D eigenvalue weighted by molar-refractivity contribution is -0.157. The molecule has 0 aliphatic carbocycles. The van der Waals surface area contributed by atoms with E-state index in [0.717, 1.165) is 27.5 Å². The molecule has 5 aromatic rings. The summed E-state index contributed by atoms with van der Waals surface area (Å²) in [5.41, 5.74) is 4.31. The number of aryl methyl sites for hydroxylation is 1. The SMILES string of the molecule is COc1ccc2c(c1)c(CC(=O)NCCCCNC(=O)CN1CCN(CC(=O)OC(C)(C)C)CCN(Cc3ccc4cc(C)ccc4n3)CCN(CC(=O)OC(C)(C)C)CC1)c(C)n2C(=O)c1ccc(Cl)cc1. The normalized spacial score (nSPS) is 15.1. The number of carbonyl (C=O) groups is 5. The second-order valence-electron chi connectivity index (χ2n) is 21.0. The van der Waals surface area contributed by atoms with E-state index < -0.39 is 11.2 Å². The van der Waals surface area contributed by atoms with Gasteiger partial charge in [-0.05, 0) is 134 Å². The molecule has 6 rings (SSSR count). The van der Waals surface area contributed by atoms with Crippen LogP contribution >= 0.6 is 11.6 Å². The van der Waals surface area contributed by atoms with E-state index in [2.05, 4.69) is 61.4 Å². The van der Waals surface area contributed by atoms with E-state index in [-0.39, 0.29) is 55.7 Å². The number of nitrogens with one attached hydrogen (secondary N) is 2. The van der Waals surface area contributed by atoms with Gasteiger partial charge < -0.3 is 24.8 Å². The molecule has 1 saturated heterocycles. The number of unbranched alkanes of at least 4 members (excludes halogenated alkanes) is 1. The quantitative estimate of drug-likeness (QED) is 0.0737. The number of nitrogens with zero attached hydrogens (tertiary/aromatic N) is 6. The predicted molar refractivity (Wildman–Crippen MR) is 286 cm³/mol. The number of carbonyl (C=O) groups excluding carboxylic acids is 5. The fraction of sp³-hybridized carbons (Fsp3) is 0.500. The van der Waals surface area contributed by atoms with E-state index in [1.165, 1.54) is 5.56 Å². The van der Waals surface area contributed by atoms with Crippen LogP contribution in [-0.2, 0) is 41.6 Å². The van der Waals surface area contributed by atoms with Gasteiger partial charge in [-0.25, -0.2) is 0 Å². The highest BCUT2D eigenvalue weighted by Gasteiger charge is 2.26. The molecular formula is C56H75ClN8O8. The third-order valence-electron chi connectivity index (χ3n) is 12.6. The first-order chi connectivity index (χ1) is 34.6. The van der Waals surface area contributed by atoms with Crippen LogP contribution in [0.1, 0.15) is 87.3 Å². The van der Waals surface area contributed by atoms with Crippen LogP contribution in [0, 0.1) is 13.8 Å². The smallest absolute Gasteiger partial charge is 0.320 e. The molecule has 17 heteroatoms. The Morgan fingerprint density at radius 2 is 1.19 bits per heavy atom. The molecule has 3 heterocycles. The van der Waals surface area contributed by atoms with Crippen molar-refractivity contribution in [1.29, 1.82) is 0 Å². The van der Waals surface area contributed by atoms with Crippen molar-refractivity contribution in [3.8, 4) is 5.75 Å². The van der Waals surface area contributed by atoms with Gasteiger partial charge >= 0.3 is 11.9 Å². The molecule has 0 radical (unpaired) electrons. The Bertz CT molecular complexity index is 2670. The number of pyridine rings is 1. The molecule has 0 unspecified atom stereocenters. The van der Waals surface area contributed by atoms with Crippen LogP contribution in [0.15, 0.2) is 72.8 Å². The molecule has 2 N–H and O–H groups in total. The maximum atomic E-state index is 13.7. The van der Waals surface area contributed by atoms with E-state index in [1.54, 1.807) is 42.0 Å². The minimum atomic E-state index is -0.637. The third kappa shape index (κ3) is 17.6. The summed E-state index contributed by atoms with van der Waals surface area (Å²) in [4.78, 5) is 80.7. The number of ether oxygens (including phenoxy) is 3. The molecule has 394 valence electrons. The van der Waals surface area contributed by atoms with Crippen LogP contribution in [0.2, 0.25) is 5.02 Å². The topological polar surface area (TPSA) is 168 Å². The van der Waals surface area contributed by atoms with Crippen LogP contribution in [0.4, 0.5) is 0 Å². The van der Waals surface area contributed by atoms with Crippen molar-refractivity contribution in [2.24, 2.45) is 0 Å². The fourth-order valence-electron chi connectivity index (χ4n) is 8.91. The Balaban J connectivity index is 1.06. The number of esters is 2. The predicted octanol–water partition coefficient (Wildman–Crippen LogP) is 6.82. The van der Waals surface area contributed by atoms with Crippen LogP contribution < -0.4 is 15.4 Å². The Morgan fingerprint density at radius 1 is 0.644 bits per heavy atom. The monoisotopic (exact) mass is 1020 g/mol. The highest BCUT2D eigenvalue weighted by Crippen LogP contribution is 2.31. The highest BCUT2D eigenvalue weighted by molar-refractivity contribution is 6.30. The number of amides is 2. The van der Waals surface area contributed by atoms with Gasteiger partial charge in [0.25, 0.3) is 5.91 Å². The van der Waals surface area contributed by atoms with E-state index in [9.17, 15) is 24.0 Å². The molecular weight excluding hydrogens is 948 g/mol. The molecule has 73 heavy (non-hydrogen) atoms. The lowest BCUT2D eigenvalue weighted by Crippen LogP contribution is -2.49. The first kappa shape index (κ1) is 56.4. The maximum Gasteiger partial charge on any atom is 0.320 e. The summed E-state index contributed by atoms with van der Waals surface area (Å²) in [5, 5.41) is 8.45. The van der Waals surface area contributed by atoms with Crippen molar-refractivity contribution in [2.75, 3.05) is 92.2 Å². The van der Waals surface area contributed by atoms with Gasteiger partial charge in [-0.15, -0.1) is 0 Å². The van der Waals surface area contributed by atoms with Gasteiger partial charge in [-0.1, -0.05) is 29.3 Å². The number of fused-ring (bicyclic) bond motifs is 2. The largest absolute Gasteiger partial charge is 0.497 e. The lowest BCUT2D eigenvalue weighted by Gasteiger charge is -2.34. The Hall–Kier alpha value is -5.91. The summed E-state index contributed by atoms with van der Waals surface area (Å²) in [7, 11) is 1.58. The van der Waals surface area contributed by atoms with Crippen molar-refractivity contribution in [3.05, 3.63) is 106 Å². The first-order valence-corrected chi connectivity index (χ1v) is 25.7. The van der Waals surface area contributed by atoms with Gasteiger partial charge in [0, 0.05) is 99.0 Å². The summed E-state index contributed by atoms with van der Waals surface area (Å²) in [6.07, 6.45) is 1.33.